The number of nitrogens with two attached hydrogens (primary N) is 1. The molecular weight excluding hydrogens is 244 g/mol. The lowest BCUT2D eigenvalue weighted by atomic mass is 10.3. The molecule has 3 rings (SSSR count). The van der Waals surface area contributed by atoms with Gasteiger partial charge >= 0.3 is 0 Å². The first kappa shape index (κ1) is 11.5. The molecule has 98 valence electrons. The summed E-state index contributed by atoms with van der Waals surface area (Å²) >= 11 is 0. The van der Waals surface area contributed by atoms with Crippen molar-refractivity contribution in [2.75, 3.05) is 11.1 Å². The summed E-state index contributed by atoms with van der Waals surface area (Å²) in [4.78, 5) is 8.36. The fraction of sp³-hybridized carbons (Fsp3) is 0.273. The summed E-state index contributed by atoms with van der Waals surface area (Å²) in [5, 5.41) is 11.5. The molecule has 3 aromatic rings. The Morgan fingerprint density at radius 2 is 2.21 bits per heavy atom. The highest BCUT2D eigenvalue weighted by atomic mass is 15.4. The number of hydrogen-bond donors (Lipinski definition) is 2. The monoisotopic (exact) mass is 258 g/mol. The van der Waals surface area contributed by atoms with Gasteiger partial charge in [0.2, 0.25) is 0 Å². The van der Waals surface area contributed by atoms with Crippen LogP contribution in [0.1, 0.15) is 11.3 Å². The predicted molar refractivity (Wildman–Crippen MR) is 70.5 cm³/mol. The highest BCUT2D eigenvalue weighted by Gasteiger charge is 2.08. The first-order valence-corrected chi connectivity index (χ1v) is 5.83. The number of fused-ring (bicyclic) bond motifs is 1. The Bertz CT molecular complexity index is 725. The van der Waals surface area contributed by atoms with Crippen molar-refractivity contribution in [1.82, 2.24) is 29.4 Å². The van der Waals surface area contributed by atoms with Crippen molar-refractivity contribution in [2.45, 2.75) is 13.5 Å². The van der Waals surface area contributed by atoms with Crippen molar-refractivity contribution < 1.29 is 0 Å². The maximum atomic E-state index is 5.90. The molecule has 0 aliphatic rings. The second kappa shape index (κ2) is 4.23. The van der Waals surface area contributed by atoms with E-state index in [1.54, 1.807) is 15.4 Å². The Labute approximate surface area is 109 Å². The first-order chi connectivity index (χ1) is 9.15. The van der Waals surface area contributed by atoms with Crippen LogP contribution >= 0.6 is 0 Å². The summed E-state index contributed by atoms with van der Waals surface area (Å²) in [5.74, 6) is 2.04. The Morgan fingerprint density at radius 3 is 2.95 bits per heavy atom. The van der Waals surface area contributed by atoms with Crippen LogP contribution in [0.2, 0.25) is 0 Å². The average Bonchev–Trinajstić information content (AvgIpc) is 2.96. The van der Waals surface area contributed by atoms with Gasteiger partial charge in [0, 0.05) is 30.9 Å². The Morgan fingerprint density at radius 1 is 1.37 bits per heavy atom. The lowest BCUT2D eigenvalue weighted by Crippen LogP contribution is -2.08. The number of nitrogens with zero attached hydrogens (tertiary/aromatic N) is 6. The molecule has 0 amide bonds. The summed E-state index contributed by atoms with van der Waals surface area (Å²) in [6.07, 6.45) is 3.22. The molecule has 3 aromatic heterocycles. The molecule has 0 aromatic carbocycles. The second-order valence-electron chi connectivity index (χ2n) is 4.29. The third-order valence-electron chi connectivity index (χ3n) is 2.90. The van der Waals surface area contributed by atoms with E-state index >= 15 is 0 Å². The fourth-order valence-electron chi connectivity index (χ4n) is 1.87. The minimum atomic E-state index is 0.568. The lowest BCUT2D eigenvalue weighted by Gasteiger charge is -2.08. The van der Waals surface area contributed by atoms with Crippen LogP contribution in [0.25, 0.3) is 5.78 Å². The highest BCUT2D eigenvalue weighted by molar-refractivity contribution is 5.47. The minimum absolute atomic E-state index is 0.568. The van der Waals surface area contributed by atoms with Gasteiger partial charge in [-0.25, -0.2) is 4.98 Å². The SMILES string of the molecule is Cc1cc(NCc2cnn(C)c2N)n2ncnc2n1. The number of aryl methyl sites for hydroxylation is 2. The molecule has 0 aliphatic carbocycles. The van der Waals surface area contributed by atoms with Gasteiger partial charge in [-0.15, -0.1) is 0 Å². The maximum Gasteiger partial charge on any atom is 0.254 e. The Balaban J connectivity index is 1.89. The van der Waals surface area contributed by atoms with Crippen LogP contribution < -0.4 is 11.1 Å². The second-order valence-corrected chi connectivity index (χ2v) is 4.29. The molecule has 8 heteroatoms. The van der Waals surface area contributed by atoms with Gasteiger partial charge < -0.3 is 11.1 Å². The molecule has 0 radical (unpaired) electrons. The molecule has 0 saturated carbocycles. The normalized spacial score (nSPS) is 11.1. The van der Waals surface area contributed by atoms with Crippen LogP contribution in [-0.2, 0) is 13.6 Å². The standard InChI is InChI=1S/C11H14N8/c1-7-3-9(19-11(17-7)14-6-16-19)13-4-8-5-15-18(2)10(8)12/h3,5-6,13H,4,12H2,1-2H3. The van der Waals surface area contributed by atoms with Gasteiger partial charge in [-0.2, -0.15) is 19.7 Å². The zero-order valence-corrected chi connectivity index (χ0v) is 10.7. The molecule has 0 fully saturated rings. The van der Waals surface area contributed by atoms with E-state index in [9.17, 15) is 0 Å². The molecule has 3 N–H and O–H groups in total. The van der Waals surface area contributed by atoms with Crippen LogP contribution in [0.15, 0.2) is 18.6 Å². The largest absolute Gasteiger partial charge is 0.384 e. The fourth-order valence-corrected chi connectivity index (χ4v) is 1.87. The summed E-state index contributed by atoms with van der Waals surface area (Å²) in [7, 11) is 1.81. The summed E-state index contributed by atoms with van der Waals surface area (Å²) in [5.41, 5.74) is 7.72. The lowest BCUT2D eigenvalue weighted by molar-refractivity contribution is 0.778. The third kappa shape index (κ3) is 1.96. The number of nitrogen functional groups attached to an aromatic ring is 1. The van der Waals surface area contributed by atoms with Crippen molar-refractivity contribution in [3.63, 3.8) is 0 Å². The van der Waals surface area contributed by atoms with E-state index in [-0.39, 0.29) is 0 Å². The van der Waals surface area contributed by atoms with Crippen molar-refractivity contribution >= 4 is 17.4 Å². The van der Waals surface area contributed by atoms with Gasteiger partial charge in [0.05, 0.1) is 6.20 Å². The molecule has 0 bridgehead atoms. The molecule has 0 unspecified atom stereocenters. The van der Waals surface area contributed by atoms with Crippen LogP contribution in [-0.4, -0.2) is 29.4 Å². The van der Waals surface area contributed by atoms with E-state index in [1.807, 2.05) is 20.0 Å². The van der Waals surface area contributed by atoms with Crippen molar-refractivity contribution in [1.29, 1.82) is 0 Å². The van der Waals surface area contributed by atoms with E-state index in [4.69, 9.17) is 5.73 Å². The summed E-state index contributed by atoms with van der Waals surface area (Å²) in [6, 6.07) is 1.91. The van der Waals surface area contributed by atoms with E-state index < -0.39 is 0 Å². The van der Waals surface area contributed by atoms with Crippen LogP contribution in [0.4, 0.5) is 11.6 Å². The molecule has 8 nitrogen and oxygen atoms in total. The average molecular weight is 258 g/mol. The van der Waals surface area contributed by atoms with Crippen molar-refractivity contribution in [3.05, 3.63) is 29.8 Å². The maximum absolute atomic E-state index is 5.90. The zero-order valence-electron chi connectivity index (χ0n) is 10.7. The quantitative estimate of drug-likeness (QED) is 0.703. The van der Waals surface area contributed by atoms with E-state index in [0.29, 0.717) is 18.1 Å². The van der Waals surface area contributed by atoms with Crippen LogP contribution in [0.3, 0.4) is 0 Å². The topological polar surface area (TPSA) is 99.0 Å². The summed E-state index contributed by atoms with van der Waals surface area (Å²) in [6.45, 7) is 2.48. The number of hydrogen-bond acceptors (Lipinski definition) is 6. The van der Waals surface area contributed by atoms with Crippen molar-refractivity contribution in [3.8, 4) is 0 Å². The van der Waals surface area contributed by atoms with Gasteiger partial charge in [-0.3, -0.25) is 4.68 Å². The minimum Gasteiger partial charge on any atom is -0.384 e. The smallest absolute Gasteiger partial charge is 0.254 e. The summed E-state index contributed by atoms with van der Waals surface area (Å²) < 4.78 is 3.29. The molecule has 0 atom stereocenters. The Hall–Kier alpha value is -2.64. The molecule has 0 aliphatic heterocycles. The van der Waals surface area contributed by atoms with E-state index in [0.717, 1.165) is 17.1 Å². The molecule has 19 heavy (non-hydrogen) atoms. The number of rotatable bonds is 3. The first-order valence-electron chi connectivity index (χ1n) is 5.83. The molecule has 0 spiro atoms. The number of aromatic nitrogens is 6. The highest BCUT2D eigenvalue weighted by Crippen LogP contribution is 2.14. The zero-order chi connectivity index (χ0) is 13.4. The van der Waals surface area contributed by atoms with Gasteiger partial charge in [-0.1, -0.05) is 0 Å². The number of anilines is 2. The van der Waals surface area contributed by atoms with Crippen molar-refractivity contribution in [2.24, 2.45) is 7.05 Å². The van der Waals surface area contributed by atoms with E-state index in [2.05, 4.69) is 25.5 Å². The number of nitrogens with one attached hydrogen (secondary N) is 1. The van der Waals surface area contributed by atoms with Crippen LogP contribution in [0, 0.1) is 6.92 Å². The van der Waals surface area contributed by atoms with E-state index in [1.165, 1.54) is 6.33 Å². The molecule has 0 saturated heterocycles. The van der Waals surface area contributed by atoms with Gasteiger partial charge in [0.25, 0.3) is 5.78 Å². The predicted octanol–water partition coefficient (Wildman–Crippen LogP) is 0.361. The Kier molecular flexibility index (Phi) is 2.55. The van der Waals surface area contributed by atoms with Crippen LogP contribution in [0.5, 0.6) is 0 Å². The van der Waals surface area contributed by atoms with Gasteiger partial charge in [0.15, 0.2) is 0 Å². The molecule has 3 heterocycles. The van der Waals surface area contributed by atoms with Gasteiger partial charge in [0.1, 0.15) is 18.0 Å². The molecular formula is C11H14N8. The third-order valence-corrected chi connectivity index (χ3v) is 2.90. The van der Waals surface area contributed by atoms with Gasteiger partial charge in [-0.05, 0) is 6.92 Å².